The number of rotatable bonds is 4. The van der Waals surface area contributed by atoms with Gasteiger partial charge in [-0.1, -0.05) is 55.0 Å². The zero-order chi connectivity index (χ0) is 13.6. The van der Waals surface area contributed by atoms with Crippen molar-refractivity contribution in [2.75, 3.05) is 6.54 Å². The maximum atomic E-state index is 6.04. The normalized spacial score (nSPS) is 18.7. The zero-order valence-electron chi connectivity index (χ0n) is 11.7. The summed E-state index contributed by atoms with van der Waals surface area (Å²) in [4.78, 5) is 0. The molecule has 1 atom stereocenters. The molecule has 104 valence electrons. The molecule has 2 nitrogen and oxygen atoms in total. The summed E-state index contributed by atoms with van der Waals surface area (Å²) in [6.07, 6.45) is 3.78. The van der Waals surface area contributed by atoms with E-state index in [1.54, 1.807) is 0 Å². The summed E-state index contributed by atoms with van der Waals surface area (Å²) < 4.78 is 6.04. The first-order chi connectivity index (χ1) is 9.93. The van der Waals surface area contributed by atoms with Crippen molar-refractivity contribution in [3.8, 4) is 5.75 Å². The van der Waals surface area contributed by atoms with Gasteiger partial charge < -0.3 is 10.1 Å². The van der Waals surface area contributed by atoms with Crippen molar-refractivity contribution in [1.29, 1.82) is 0 Å². The van der Waals surface area contributed by atoms with Crippen LogP contribution in [0.4, 0.5) is 0 Å². The lowest BCUT2D eigenvalue weighted by molar-refractivity contribution is 0.294. The maximum Gasteiger partial charge on any atom is 0.124 e. The number of hydrogen-bond donors (Lipinski definition) is 1. The van der Waals surface area contributed by atoms with Gasteiger partial charge in [0.2, 0.25) is 0 Å². The van der Waals surface area contributed by atoms with E-state index in [2.05, 4.69) is 35.6 Å². The third-order valence-electron chi connectivity index (χ3n) is 3.84. The van der Waals surface area contributed by atoms with Gasteiger partial charge in [-0.15, -0.1) is 0 Å². The third kappa shape index (κ3) is 3.20. The predicted molar refractivity (Wildman–Crippen MR) is 81.8 cm³/mol. The fraction of sp³-hybridized carbons (Fsp3) is 0.333. The molecule has 0 bridgehead atoms. The van der Waals surface area contributed by atoms with Crippen LogP contribution < -0.4 is 10.1 Å². The van der Waals surface area contributed by atoms with Gasteiger partial charge in [0.15, 0.2) is 0 Å². The highest BCUT2D eigenvalue weighted by Gasteiger charge is 2.18. The van der Waals surface area contributed by atoms with E-state index in [-0.39, 0.29) is 0 Å². The number of piperidine rings is 1. The topological polar surface area (TPSA) is 21.3 Å². The second-order valence-electron chi connectivity index (χ2n) is 5.31. The van der Waals surface area contributed by atoms with E-state index in [0.717, 1.165) is 12.3 Å². The SMILES string of the molecule is c1ccc(COc2ccccc2[C@H]2CCCCN2)cc1. The molecule has 1 saturated heterocycles. The van der Waals surface area contributed by atoms with E-state index in [1.165, 1.54) is 30.4 Å². The molecular weight excluding hydrogens is 246 g/mol. The van der Waals surface area contributed by atoms with Crippen molar-refractivity contribution < 1.29 is 4.74 Å². The molecule has 1 fully saturated rings. The first-order valence-electron chi connectivity index (χ1n) is 7.42. The molecule has 2 aromatic carbocycles. The minimum absolute atomic E-state index is 0.440. The molecule has 2 heteroatoms. The first-order valence-corrected chi connectivity index (χ1v) is 7.42. The molecule has 0 aliphatic carbocycles. The lowest BCUT2D eigenvalue weighted by Gasteiger charge is -2.25. The average molecular weight is 267 g/mol. The predicted octanol–water partition coefficient (Wildman–Crippen LogP) is 4.08. The van der Waals surface area contributed by atoms with Gasteiger partial charge >= 0.3 is 0 Å². The lowest BCUT2D eigenvalue weighted by Crippen LogP contribution is -2.27. The third-order valence-corrected chi connectivity index (χ3v) is 3.84. The molecule has 0 unspecified atom stereocenters. The summed E-state index contributed by atoms with van der Waals surface area (Å²) in [5.74, 6) is 1.01. The Balaban J connectivity index is 1.72. The molecule has 1 heterocycles. The Bertz CT molecular complexity index is 532. The van der Waals surface area contributed by atoms with Gasteiger partial charge in [0.25, 0.3) is 0 Å². The van der Waals surface area contributed by atoms with E-state index >= 15 is 0 Å². The average Bonchev–Trinajstić information content (AvgIpc) is 2.55. The van der Waals surface area contributed by atoms with Crippen molar-refractivity contribution in [2.45, 2.75) is 31.9 Å². The zero-order valence-corrected chi connectivity index (χ0v) is 11.7. The highest BCUT2D eigenvalue weighted by Crippen LogP contribution is 2.30. The van der Waals surface area contributed by atoms with Crippen molar-refractivity contribution in [3.63, 3.8) is 0 Å². The summed E-state index contributed by atoms with van der Waals surface area (Å²) in [6, 6.07) is 19.2. The van der Waals surface area contributed by atoms with Gasteiger partial charge in [-0.2, -0.15) is 0 Å². The number of nitrogens with one attached hydrogen (secondary N) is 1. The molecule has 20 heavy (non-hydrogen) atoms. The van der Waals surface area contributed by atoms with Crippen LogP contribution in [0.15, 0.2) is 54.6 Å². The van der Waals surface area contributed by atoms with Crippen molar-refractivity contribution in [3.05, 3.63) is 65.7 Å². The second-order valence-corrected chi connectivity index (χ2v) is 5.31. The smallest absolute Gasteiger partial charge is 0.124 e. The van der Waals surface area contributed by atoms with E-state index < -0.39 is 0 Å². The van der Waals surface area contributed by atoms with Crippen LogP contribution in [0.1, 0.15) is 36.4 Å². The fourth-order valence-electron chi connectivity index (χ4n) is 2.75. The number of hydrogen-bond acceptors (Lipinski definition) is 2. The Morgan fingerprint density at radius 1 is 0.950 bits per heavy atom. The van der Waals surface area contributed by atoms with Gasteiger partial charge in [0.1, 0.15) is 12.4 Å². The Morgan fingerprint density at radius 3 is 2.55 bits per heavy atom. The van der Waals surface area contributed by atoms with Gasteiger partial charge in [0.05, 0.1) is 0 Å². The molecule has 2 aromatic rings. The van der Waals surface area contributed by atoms with Crippen molar-refractivity contribution in [2.24, 2.45) is 0 Å². The van der Waals surface area contributed by atoms with E-state index in [1.807, 2.05) is 24.3 Å². The van der Waals surface area contributed by atoms with Crippen molar-refractivity contribution in [1.82, 2.24) is 5.32 Å². The van der Waals surface area contributed by atoms with Crippen LogP contribution in [0, 0.1) is 0 Å². The van der Waals surface area contributed by atoms with Crippen LogP contribution in [0.3, 0.4) is 0 Å². The summed E-state index contributed by atoms with van der Waals surface area (Å²) in [6.45, 7) is 1.74. The lowest BCUT2D eigenvalue weighted by atomic mass is 9.97. The minimum Gasteiger partial charge on any atom is -0.489 e. The molecule has 0 radical (unpaired) electrons. The molecule has 0 aromatic heterocycles. The molecular formula is C18H21NO. The Kier molecular flexibility index (Phi) is 4.34. The van der Waals surface area contributed by atoms with Crippen LogP contribution in [-0.4, -0.2) is 6.54 Å². The summed E-state index contributed by atoms with van der Waals surface area (Å²) in [5, 5.41) is 3.59. The Hall–Kier alpha value is -1.80. The number of ether oxygens (including phenoxy) is 1. The maximum absolute atomic E-state index is 6.04. The van der Waals surface area contributed by atoms with E-state index in [4.69, 9.17) is 4.74 Å². The molecule has 1 aliphatic rings. The minimum atomic E-state index is 0.440. The summed E-state index contributed by atoms with van der Waals surface area (Å²) in [7, 11) is 0. The van der Waals surface area contributed by atoms with Crippen LogP contribution in [0.2, 0.25) is 0 Å². The monoisotopic (exact) mass is 267 g/mol. The summed E-state index contributed by atoms with van der Waals surface area (Å²) >= 11 is 0. The molecule has 0 spiro atoms. The van der Waals surface area contributed by atoms with Crippen LogP contribution in [0.5, 0.6) is 5.75 Å². The highest BCUT2D eigenvalue weighted by molar-refractivity contribution is 5.36. The largest absolute Gasteiger partial charge is 0.489 e. The molecule has 1 aliphatic heterocycles. The summed E-state index contributed by atoms with van der Waals surface area (Å²) in [5.41, 5.74) is 2.50. The molecule has 1 N–H and O–H groups in total. The number of para-hydroxylation sites is 1. The van der Waals surface area contributed by atoms with E-state index in [0.29, 0.717) is 12.6 Å². The number of benzene rings is 2. The second kappa shape index (κ2) is 6.58. The van der Waals surface area contributed by atoms with Crippen LogP contribution in [-0.2, 0) is 6.61 Å². The standard InChI is InChI=1S/C18H21NO/c1-2-8-15(9-3-1)14-20-18-12-5-4-10-16(18)17-11-6-7-13-19-17/h1-5,8-10,12,17,19H,6-7,11,13-14H2/t17-/m1/s1. The van der Waals surface area contributed by atoms with Gasteiger partial charge in [-0.3, -0.25) is 0 Å². The van der Waals surface area contributed by atoms with Gasteiger partial charge in [-0.25, -0.2) is 0 Å². The highest BCUT2D eigenvalue weighted by atomic mass is 16.5. The fourth-order valence-corrected chi connectivity index (χ4v) is 2.75. The molecule has 3 rings (SSSR count). The molecule has 0 saturated carbocycles. The van der Waals surface area contributed by atoms with Gasteiger partial charge in [0, 0.05) is 11.6 Å². The van der Waals surface area contributed by atoms with E-state index in [9.17, 15) is 0 Å². The van der Waals surface area contributed by atoms with Crippen molar-refractivity contribution >= 4 is 0 Å². The van der Waals surface area contributed by atoms with Crippen LogP contribution >= 0.6 is 0 Å². The molecule has 0 amide bonds. The van der Waals surface area contributed by atoms with Crippen LogP contribution in [0.25, 0.3) is 0 Å². The first kappa shape index (κ1) is 13.2. The Morgan fingerprint density at radius 2 is 1.75 bits per heavy atom. The van der Waals surface area contributed by atoms with Gasteiger partial charge in [-0.05, 0) is 31.0 Å². The quantitative estimate of drug-likeness (QED) is 0.901. The Labute approximate surface area is 120 Å².